The first-order valence-electron chi connectivity index (χ1n) is 13.3. The maximum Gasteiger partial charge on any atom is 0.237 e. The highest BCUT2D eigenvalue weighted by atomic mass is 32.2. The van der Waals surface area contributed by atoms with E-state index >= 15 is 4.39 Å². The van der Waals surface area contributed by atoms with Crippen molar-refractivity contribution in [3.05, 3.63) is 53.2 Å². The molecule has 1 aliphatic carbocycles. The van der Waals surface area contributed by atoms with E-state index in [9.17, 15) is 9.59 Å². The summed E-state index contributed by atoms with van der Waals surface area (Å²) in [5.74, 6) is -0.000174. The van der Waals surface area contributed by atoms with Crippen LogP contribution in [0.3, 0.4) is 0 Å². The number of thioether (sulfide) groups is 1. The third-order valence-electron chi connectivity index (χ3n) is 7.80. The van der Waals surface area contributed by atoms with Crippen LogP contribution in [-0.4, -0.2) is 57.0 Å². The van der Waals surface area contributed by atoms with Gasteiger partial charge in [-0.25, -0.2) is 0 Å². The molecule has 0 radical (unpaired) electrons. The van der Waals surface area contributed by atoms with E-state index < -0.39 is 0 Å². The molecule has 9 heteroatoms. The highest BCUT2D eigenvalue weighted by Gasteiger charge is 2.42. The molecule has 0 unspecified atom stereocenters. The van der Waals surface area contributed by atoms with Crippen LogP contribution in [0.2, 0.25) is 0 Å². The van der Waals surface area contributed by atoms with Crippen LogP contribution in [0.25, 0.3) is 10.1 Å². The Balaban J connectivity index is 1.34. The van der Waals surface area contributed by atoms with E-state index in [-0.39, 0.29) is 34.8 Å². The summed E-state index contributed by atoms with van der Waals surface area (Å²) in [4.78, 5) is 32.0. The van der Waals surface area contributed by atoms with E-state index in [0.717, 1.165) is 58.6 Å². The maximum absolute atomic E-state index is 15.3. The van der Waals surface area contributed by atoms with E-state index in [1.54, 1.807) is 18.9 Å². The molecule has 2 aliphatic heterocycles. The molecule has 38 heavy (non-hydrogen) atoms. The summed E-state index contributed by atoms with van der Waals surface area (Å²) in [6.07, 6.45) is 3.37. The predicted octanol–water partition coefficient (Wildman–Crippen LogP) is 5.40. The van der Waals surface area contributed by atoms with Gasteiger partial charge in [0.2, 0.25) is 11.8 Å². The van der Waals surface area contributed by atoms with Gasteiger partial charge in [-0.15, -0.1) is 23.1 Å². The molecule has 3 heterocycles. The lowest BCUT2D eigenvalue weighted by molar-refractivity contribution is -0.123. The second-order valence-corrected chi connectivity index (χ2v) is 12.3. The molecule has 1 aromatic heterocycles. The number of piperidine rings is 1. The Bertz CT molecular complexity index is 1360. The van der Waals surface area contributed by atoms with E-state index in [1.807, 2.05) is 52.3 Å². The van der Waals surface area contributed by atoms with E-state index in [1.165, 1.54) is 11.3 Å². The molecule has 200 valence electrons. The Morgan fingerprint density at radius 2 is 2.05 bits per heavy atom. The van der Waals surface area contributed by atoms with Gasteiger partial charge in [0.05, 0.1) is 17.4 Å². The normalized spacial score (nSPS) is 21.5. The van der Waals surface area contributed by atoms with Gasteiger partial charge < -0.3 is 19.9 Å². The first-order chi connectivity index (χ1) is 18.6. The Morgan fingerprint density at radius 3 is 2.87 bits per heavy atom. The number of rotatable bonds is 8. The van der Waals surface area contributed by atoms with Gasteiger partial charge >= 0.3 is 0 Å². The number of nitrogens with zero attached hydrogens (tertiary/aromatic N) is 2. The standard InChI is InChI=1S/C29H32FN3O3S2/c1-36-14-4-13-32-23-15-19(9-10-25(23)37-17-26(32)34)33(18-7-8-18)29(35)22-16-31-12-11-20(22)27-21-5-2-3-6-24(21)38-28(27)30/h2-3,5-6,9-10,15,18,20,22,31H,4,7-8,11-14,16-17H2,1H3/t20-,22-/m0/s1. The van der Waals surface area contributed by atoms with Crippen LogP contribution in [0.15, 0.2) is 47.4 Å². The number of hydrogen-bond acceptors (Lipinski definition) is 6. The number of nitrogens with one attached hydrogen (secondary N) is 1. The molecular formula is C29H32FN3O3S2. The highest BCUT2D eigenvalue weighted by Crippen LogP contribution is 2.45. The second-order valence-electron chi connectivity index (χ2n) is 10.3. The van der Waals surface area contributed by atoms with E-state index in [0.29, 0.717) is 31.0 Å². The zero-order chi connectivity index (χ0) is 26.2. The number of anilines is 2. The third-order valence-corrected chi connectivity index (χ3v) is 9.82. The van der Waals surface area contributed by atoms with Crippen molar-refractivity contribution < 1.29 is 18.7 Å². The molecule has 3 aliphatic rings. The summed E-state index contributed by atoms with van der Waals surface area (Å²) in [6, 6.07) is 14.0. The Hall–Kier alpha value is -2.46. The van der Waals surface area contributed by atoms with Gasteiger partial charge in [0.25, 0.3) is 0 Å². The molecule has 0 bridgehead atoms. The van der Waals surface area contributed by atoms with Crippen LogP contribution in [0.4, 0.5) is 15.8 Å². The number of hydrogen-bond donors (Lipinski definition) is 1. The fourth-order valence-corrected chi connectivity index (χ4v) is 7.74. The zero-order valence-electron chi connectivity index (χ0n) is 21.5. The average Bonchev–Trinajstić information content (AvgIpc) is 3.71. The monoisotopic (exact) mass is 553 g/mol. The van der Waals surface area contributed by atoms with Crippen LogP contribution in [0.1, 0.15) is 37.2 Å². The van der Waals surface area contributed by atoms with Crippen molar-refractivity contribution in [3.63, 3.8) is 0 Å². The third kappa shape index (κ3) is 4.85. The number of benzene rings is 2. The molecule has 0 spiro atoms. The van der Waals surface area contributed by atoms with Gasteiger partial charge in [0.15, 0.2) is 5.13 Å². The topological polar surface area (TPSA) is 61.9 Å². The SMILES string of the molecule is COCCCN1C(=O)CSc2ccc(N(C(=O)[C@H]3CNCC[C@@H]3c3c(F)sc4ccccc34)C3CC3)cc21. The fraction of sp³-hybridized carbons (Fsp3) is 0.448. The molecule has 2 aromatic carbocycles. The molecule has 1 saturated carbocycles. The van der Waals surface area contributed by atoms with Gasteiger partial charge in [-0.2, -0.15) is 4.39 Å². The van der Waals surface area contributed by atoms with Gasteiger partial charge in [0.1, 0.15) is 0 Å². The first-order valence-corrected chi connectivity index (χ1v) is 15.1. The highest BCUT2D eigenvalue weighted by molar-refractivity contribution is 8.00. The zero-order valence-corrected chi connectivity index (χ0v) is 23.1. The maximum atomic E-state index is 15.3. The number of halogens is 1. The summed E-state index contributed by atoms with van der Waals surface area (Å²) < 4.78 is 21.5. The van der Waals surface area contributed by atoms with Gasteiger partial charge in [0, 0.05) is 59.6 Å². The summed E-state index contributed by atoms with van der Waals surface area (Å²) >= 11 is 2.72. The Labute approximate surface area is 230 Å². The van der Waals surface area contributed by atoms with E-state index in [2.05, 4.69) is 5.32 Å². The molecule has 2 amide bonds. The van der Waals surface area contributed by atoms with Crippen LogP contribution in [0, 0.1) is 11.0 Å². The van der Waals surface area contributed by atoms with Crippen molar-refractivity contribution in [1.82, 2.24) is 5.32 Å². The molecule has 1 saturated heterocycles. The molecule has 6 nitrogen and oxygen atoms in total. The van der Waals surface area contributed by atoms with Gasteiger partial charge in [-0.1, -0.05) is 18.2 Å². The number of ether oxygens (including phenoxy) is 1. The van der Waals surface area contributed by atoms with Crippen LogP contribution >= 0.6 is 23.1 Å². The van der Waals surface area contributed by atoms with Crippen molar-refractivity contribution in [3.8, 4) is 0 Å². The summed E-state index contributed by atoms with van der Waals surface area (Å²) in [7, 11) is 1.66. The largest absolute Gasteiger partial charge is 0.385 e. The smallest absolute Gasteiger partial charge is 0.237 e. The minimum atomic E-state index is -0.360. The van der Waals surface area contributed by atoms with Crippen molar-refractivity contribution in [2.75, 3.05) is 48.9 Å². The van der Waals surface area contributed by atoms with Crippen LogP contribution in [0.5, 0.6) is 0 Å². The molecule has 3 aromatic rings. The lowest BCUT2D eigenvalue weighted by Gasteiger charge is -2.36. The van der Waals surface area contributed by atoms with Crippen molar-refractivity contribution >= 4 is 56.4 Å². The number of carbonyl (C=O) groups excluding carboxylic acids is 2. The quantitative estimate of drug-likeness (QED) is 0.379. The minimum absolute atomic E-state index is 0.0417. The number of amides is 2. The van der Waals surface area contributed by atoms with E-state index in [4.69, 9.17) is 4.74 Å². The number of methoxy groups -OCH3 is 1. The van der Waals surface area contributed by atoms with Crippen molar-refractivity contribution in [2.24, 2.45) is 5.92 Å². The molecule has 2 fully saturated rings. The lowest BCUT2D eigenvalue weighted by atomic mass is 9.80. The number of thiophene rings is 1. The number of carbonyl (C=O) groups is 2. The molecule has 6 rings (SSSR count). The Kier molecular flexibility index (Phi) is 7.44. The minimum Gasteiger partial charge on any atom is -0.385 e. The molecular weight excluding hydrogens is 521 g/mol. The summed E-state index contributed by atoms with van der Waals surface area (Å²) in [6.45, 7) is 2.46. The first kappa shape index (κ1) is 25.8. The van der Waals surface area contributed by atoms with Crippen molar-refractivity contribution in [2.45, 2.75) is 42.5 Å². The van der Waals surface area contributed by atoms with Gasteiger partial charge in [-0.3, -0.25) is 9.59 Å². The number of fused-ring (bicyclic) bond motifs is 2. The van der Waals surface area contributed by atoms with Gasteiger partial charge in [-0.05, 0) is 61.9 Å². The molecule has 1 N–H and O–H groups in total. The summed E-state index contributed by atoms with van der Waals surface area (Å²) in [5.41, 5.74) is 2.38. The Morgan fingerprint density at radius 1 is 1.21 bits per heavy atom. The average molecular weight is 554 g/mol. The van der Waals surface area contributed by atoms with Crippen LogP contribution < -0.4 is 15.1 Å². The second kappa shape index (κ2) is 11.0. The lowest BCUT2D eigenvalue weighted by Crippen LogP contribution is -2.47. The molecule has 2 atom stereocenters. The van der Waals surface area contributed by atoms with Crippen molar-refractivity contribution in [1.29, 1.82) is 0 Å². The summed E-state index contributed by atoms with van der Waals surface area (Å²) in [5, 5.41) is 4.15. The fourth-order valence-electron chi connectivity index (χ4n) is 5.83. The van der Waals surface area contributed by atoms with Crippen LogP contribution in [-0.2, 0) is 14.3 Å². The predicted molar refractivity (Wildman–Crippen MR) is 152 cm³/mol.